The van der Waals surface area contributed by atoms with Crippen molar-refractivity contribution in [3.8, 4) is 0 Å². The smallest absolute Gasteiger partial charge is 0.274 e. The third-order valence-electron chi connectivity index (χ3n) is 3.56. The van der Waals surface area contributed by atoms with Crippen molar-refractivity contribution < 1.29 is 9.32 Å². The summed E-state index contributed by atoms with van der Waals surface area (Å²) in [4.78, 5) is 16.7. The first-order valence-corrected chi connectivity index (χ1v) is 7.29. The van der Waals surface area contributed by atoms with Gasteiger partial charge in [-0.15, -0.1) is 0 Å². The Morgan fingerprint density at radius 3 is 2.91 bits per heavy atom. The van der Waals surface area contributed by atoms with E-state index in [1.54, 1.807) is 24.0 Å². The van der Waals surface area contributed by atoms with E-state index >= 15 is 0 Å². The van der Waals surface area contributed by atoms with Crippen LogP contribution in [0.5, 0.6) is 0 Å². The van der Waals surface area contributed by atoms with E-state index in [1.807, 2.05) is 37.4 Å². The van der Waals surface area contributed by atoms with Gasteiger partial charge in [-0.2, -0.15) is 5.10 Å². The van der Waals surface area contributed by atoms with Gasteiger partial charge in [0.15, 0.2) is 5.69 Å². The molecule has 0 aliphatic carbocycles. The van der Waals surface area contributed by atoms with Crippen molar-refractivity contribution in [2.24, 2.45) is 0 Å². The average molecular weight is 311 g/mol. The fourth-order valence-corrected chi connectivity index (χ4v) is 2.28. The van der Waals surface area contributed by atoms with E-state index in [1.165, 1.54) is 0 Å². The molecule has 23 heavy (non-hydrogen) atoms. The molecule has 0 bridgehead atoms. The zero-order valence-electron chi connectivity index (χ0n) is 12.9. The van der Waals surface area contributed by atoms with Crippen LogP contribution in [0, 0.1) is 6.92 Å². The number of hydrogen-bond acceptors (Lipinski definition) is 5. The number of pyridine rings is 1. The van der Waals surface area contributed by atoms with E-state index in [0.717, 1.165) is 11.3 Å². The summed E-state index contributed by atoms with van der Waals surface area (Å²) in [7, 11) is 0. The zero-order valence-corrected chi connectivity index (χ0v) is 12.9. The highest BCUT2D eigenvalue weighted by molar-refractivity contribution is 5.94. The number of rotatable bonds is 5. The molecule has 1 N–H and O–H groups in total. The van der Waals surface area contributed by atoms with Gasteiger partial charge in [0.1, 0.15) is 5.76 Å². The van der Waals surface area contributed by atoms with Gasteiger partial charge < -0.3 is 9.84 Å². The van der Waals surface area contributed by atoms with Gasteiger partial charge in [-0.05, 0) is 32.0 Å². The van der Waals surface area contributed by atoms with Crippen molar-refractivity contribution in [1.29, 1.82) is 0 Å². The minimum atomic E-state index is -0.290. The summed E-state index contributed by atoms with van der Waals surface area (Å²) in [6, 6.07) is 7.18. The summed E-state index contributed by atoms with van der Waals surface area (Å²) >= 11 is 0. The number of nitrogens with zero attached hydrogens (tertiary/aromatic N) is 4. The highest BCUT2D eigenvalue weighted by atomic mass is 16.5. The van der Waals surface area contributed by atoms with Gasteiger partial charge >= 0.3 is 0 Å². The van der Waals surface area contributed by atoms with Crippen LogP contribution in [0.15, 0.2) is 47.4 Å². The Hall–Kier alpha value is -2.96. The lowest BCUT2D eigenvalue weighted by molar-refractivity contribution is 0.0929. The molecule has 7 nitrogen and oxygen atoms in total. The van der Waals surface area contributed by atoms with Crippen LogP contribution in [0.2, 0.25) is 0 Å². The third-order valence-corrected chi connectivity index (χ3v) is 3.56. The van der Waals surface area contributed by atoms with Crippen LogP contribution in [0.3, 0.4) is 0 Å². The Kier molecular flexibility index (Phi) is 4.18. The molecule has 0 unspecified atom stereocenters. The molecule has 3 aromatic rings. The van der Waals surface area contributed by atoms with Crippen LogP contribution in [-0.4, -0.2) is 25.8 Å². The highest BCUT2D eigenvalue weighted by Gasteiger charge is 2.22. The second-order valence-corrected chi connectivity index (χ2v) is 5.22. The zero-order chi connectivity index (χ0) is 16.2. The molecule has 0 spiro atoms. The van der Waals surface area contributed by atoms with E-state index in [4.69, 9.17) is 4.52 Å². The maximum Gasteiger partial charge on any atom is 0.274 e. The molecule has 0 radical (unpaired) electrons. The SMILES string of the molecule is Cc1onc(C(=O)N[C@@H](C)c2ccccn2)c1Cn1cccn1. The number of carbonyl (C=O) groups is 1. The van der Waals surface area contributed by atoms with E-state index in [2.05, 4.69) is 20.6 Å². The Morgan fingerprint density at radius 2 is 2.22 bits per heavy atom. The lowest BCUT2D eigenvalue weighted by Gasteiger charge is -2.12. The number of carbonyl (C=O) groups excluding carboxylic acids is 1. The number of amides is 1. The fraction of sp³-hybridized carbons (Fsp3) is 0.250. The molecule has 1 atom stereocenters. The predicted octanol–water partition coefficient (Wildman–Crippen LogP) is 2.11. The van der Waals surface area contributed by atoms with Crippen LogP contribution < -0.4 is 5.32 Å². The number of hydrogen-bond donors (Lipinski definition) is 1. The molecule has 1 amide bonds. The van der Waals surface area contributed by atoms with Crippen LogP contribution in [0.25, 0.3) is 0 Å². The molecule has 0 aliphatic heterocycles. The topological polar surface area (TPSA) is 85.8 Å². The molecular weight excluding hydrogens is 294 g/mol. The normalized spacial score (nSPS) is 12.1. The number of aryl methyl sites for hydroxylation is 1. The van der Waals surface area contributed by atoms with Gasteiger partial charge in [-0.3, -0.25) is 14.5 Å². The molecule has 7 heteroatoms. The quantitative estimate of drug-likeness (QED) is 0.780. The van der Waals surface area contributed by atoms with E-state index in [-0.39, 0.29) is 17.6 Å². The highest BCUT2D eigenvalue weighted by Crippen LogP contribution is 2.16. The Labute approximate surface area is 133 Å². The molecule has 0 aliphatic rings. The monoisotopic (exact) mass is 311 g/mol. The first-order chi connectivity index (χ1) is 11.1. The van der Waals surface area contributed by atoms with Crippen LogP contribution in [-0.2, 0) is 6.54 Å². The average Bonchev–Trinajstić information content (AvgIpc) is 3.19. The van der Waals surface area contributed by atoms with Crippen molar-refractivity contribution in [2.45, 2.75) is 26.4 Å². The maximum absolute atomic E-state index is 12.5. The largest absolute Gasteiger partial charge is 0.361 e. The number of aromatic nitrogens is 4. The van der Waals surface area contributed by atoms with Crippen molar-refractivity contribution in [3.63, 3.8) is 0 Å². The number of nitrogens with one attached hydrogen (secondary N) is 1. The van der Waals surface area contributed by atoms with E-state index in [9.17, 15) is 4.79 Å². The molecule has 3 aromatic heterocycles. The maximum atomic E-state index is 12.5. The predicted molar refractivity (Wildman–Crippen MR) is 82.7 cm³/mol. The van der Waals surface area contributed by atoms with Gasteiger partial charge in [0, 0.05) is 24.2 Å². The molecule has 0 saturated carbocycles. The standard InChI is InChI=1S/C16H17N5O2/c1-11(14-6-3-4-7-17-14)19-16(22)15-13(12(2)23-20-15)10-21-9-5-8-18-21/h3-9,11H,10H2,1-2H3,(H,19,22)/t11-/m0/s1. The second-order valence-electron chi connectivity index (χ2n) is 5.22. The van der Waals surface area contributed by atoms with Gasteiger partial charge in [-0.25, -0.2) is 0 Å². The molecule has 118 valence electrons. The van der Waals surface area contributed by atoms with Gasteiger partial charge in [-0.1, -0.05) is 11.2 Å². The Balaban J connectivity index is 1.77. The summed E-state index contributed by atoms with van der Waals surface area (Å²) in [5.74, 6) is 0.318. The molecular formula is C16H17N5O2. The van der Waals surface area contributed by atoms with E-state index in [0.29, 0.717) is 12.3 Å². The lowest BCUT2D eigenvalue weighted by atomic mass is 10.1. The van der Waals surface area contributed by atoms with Crippen LogP contribution >= 0.6 is 0 Å². The molecule has 3 heterocycles. The van der Waals surface area contributed by atoms with Crippen molar-refractivity contribution in [1.82, 2.24) is 25.2 Å². The summed E-state index contributed by atoms with van der Waals surface area (Å²) in [6.07, 6.45) is 5.21. The lowest BCUT2D eigenvalue weighted by Crippen LogP contribution is -2.28. The van der Waals surface area contributed by atoms with Crippen LogP contribution in [0.4, 0.5) is 0 Å². The molecule has 0 saturated heterocycles. The van der Waals surface area contributed by atoms with Crippen molar-refractivity contribution in [3.05, 3.63) is 65.6 Å². The Bertz CT molecular complexity index is 780. The first kappa shape index (κ1) is 15.0. The van der Waals surface area contributed by atoms with Gasteiger partial charge in [0.2, 0.25) is 0 Å². The summed E-state index contributed by atoms with van der Waals surface area (Å²) < 4.78 is 6.91. The minimum Gasteiger partial charge on any atom is -0.361 e. The van der Waals surface area contributed by atoms with Crippen molar-refractivity contribution in [2.75, 3.05) is 0 Å². The Morgan fingerprint density at radius 1 is 1.35 bits per heavy atom. The molecule has 3 rings (SSSR count). The van der Waals surface area contributed by atoms with Gasteiger partial charge in [0.05, 0.1) is 18.3 Å². The fourth-order valence-electron chi connectivity index (χ4n) is 2.28. The first-order valence-electron chi connectivity index (χ1n) is 7.29. The summed E-state index contributed by atoms with van der Waals surface area (Å²) in [6.45, 7) is 4.09. The third kappa shape index (κ3) is 3.28. The molecule has 0 aromatic carbocycles. The van der Waals surface area contributed by atoms with Gasteiger partial charge in [0.25, 0.3) is 5.91 Å². The molecule has 0 fully saturated rings. The van der Waals surface area contributed by atoms with E-state index < -0.39 is 0 Å². The van der Waals surface area contributed by atoms with Crippen LogP contribution in [0.1, 0.15) is 40.5 Å². The summed E-state index contributed by atoms with van der Waals surface area (Å²) in [5, 5.41) is 10.9. The minimum absolute atomic E-state index is 0.224. The second kappa shape index (κ2) is 6.43. The van der Waals surface area contributed by atoms with Crippen molar-refractivity contribution >= 4 is 5.91 Å². The summed E-state index contributed by atoms with van der Waals surface area (Å²) in [5.41, 5.74) is 1.79.